The first kappa shape index (κ1) is 18.2. The summed E-state index contributed by atoms with van der Waals surface area (Å²) < 4.78 is 13.4. The number of halogens is 1. The molecular weight excluding hydrogens is 311 g/mol. The Hall–Kier alpha value is -2.15. The molecule has 0 atom stereocenters. The molecule has 0 aliphatic carbocycles. The normalized spacial score (nSPS) is 15.9. The van der Waals surface area contributed by atoms with E-state index in [4.69, 9.17) is 5.73 Å². The number of benzene rings is 1. The van der Waals surface area contributed by atoms with Crippen LogP contribution >= 0.6 is 0 Å². The summed E-state index contributed by atoms with van der Waals surface area (Å²) in [5.41, 5.74) is 5.77. The summed E-state index contributed by atoms with van der Waals surface area (Å²) >= 11 is 0. The lowest BCUT2D eigenvalue weighted by Crippen LogP contribution is -2.40. The van der Waals surface area contributed by atoms with Gasteiger partial charge >= 0.3 is 6.03 Å². The minimum Gasteiger partial charge on any atom is -0.369 e. The highest BCUT2D eigenvalue weighted by atomic mass is 19.1. The number of piperidine rings is 1. The van der Waals surface area contributed by atoms with E-state index in [2.05, 4.69) is 15.5 Å². The van der Waals surface area contributed by atoms with Crippen molar-refractivity contribution in [2.45, 2.75) is 25.8 Å². The fraction of sp³-hybridized carbons (Fsp3) is 0.529. The van der Waals surface area contributed by atoms with Crippen LogP contribution in [0.15, 0.2) is 24.3 Å². The lowest BCUT2D eigenvalue weighted by atomic mass is 9.96. The first-order chi connectivity index (χ1) is 11.6. The fourth-order valence-corrected chi connectivity index (χ4v) is 2.83. The predicted molar refractivity (Wildman–Crippen MR) is 89.6 cm³/mol. The molecular formula is C17H25FN4O2. The lowest BCUT2D eigenvalue weighted by Gasteiger charge is -2.30. The van der Waals surface area contributed by atoms with Crippen molar-refractivity contribution in [1.82, 2.24) is 15.5 Å². The number of hydrogen-bond acceptors (Lipinski definition) is 3. The Labute approximate surface area is 141 Å². The van der Waals surface area contributed by atoms with E-state index in [0.717, 1.165) is 38.9 Å². The highest BCUT2D eigenvalue weighted by Gasteiger charge is 2.22. The number of nitrogens with one attached hydrogen (secondary N) is 2. The predicted octanol–water partition coefficient (Wildman–Crippen LogP) is 1.21. The monoisotopic (exact) mass is 336 g/mol. The molecule has 1 heterocycles. The van der Waals surface area contributed by atoms with Gasteiger partial charge in [-0.3, -0.25) is 4.79 Å². The van der Waals surface area contributed by atoms with Gasteiger partial charge in [-0.05, 0) is 45.0 Å². The highest BCUT2D eigenvalue weighted by Crippen LogP contribution is 2.16. The number of carbonyl (C=O) groups excluding carboxylic acids is 2. The Bertz CT molecular complexity index is 559. The van der Waals surface area contributed by atoms with Crippen molar-refractivity contribution in [3.8, 4) is 0 Å². The second-order valence-electron chi connectivity index (χ2n) is 6.07. The minimum absolute atomic E-state index is 0.00327. The molecule has 0 radical (unpaired) electrons. The summed E-state index contributed by atoms with van der Waals surface area (Å²) in [6, 6.07) is 6.07. The zero-order valence-electron chi connectivity index (χ0n) is 13.8. The average Bonchev–Trinajstić information content (AvgIpc) is 2.58. The molecule has 1 aliphatic rings. The van der Waals surface area contributed by atoms with E-state index in [0.29, 0.717) is 12.1 Å². The molecule has 0 bridgehead atoms. The number of rotatable bonds is 7. The van der Waals surface area contributed by atoms with Gasteiger partial charge in [0, 0.05) is 24.6 Å². The molecule has 6 nitrogen and oxygen atoms in total. The summed E-state index contributed by atoms with van der Waals surface area (Å²) in [6.45, 7) is 3.33. The van der Waals surface area contributed by atoms with Crippen molar-refractivity contribution in [3.63, 3.8) is 0 Å². The van der Waals surface area contributed by atoms with Gasteiger partial charge in [-0.2, -0.15) is 0 Å². The molecule has 0 spiro atoms. The molecule has 1 aliphatic heterocycles. The van der Waals surface area contributed by atoms with E-state index in [1.807, 2.05) is 0 Å². The van der Waals surface area contributed by atoms with Gasteiger partial charge in [0.2, 0.25) is 5.91 Å². The Morgan fingerprint density at radius 3 is 2.58 bits per heavy atom. The van der Waals surface area contributed by atoms with Crippen LogP contribution in [0.5, 0.6) is 0 Å². The Balaban J connectivity index is 1.55. The molecule has 1 aromatic rings. The molecule has 1 saturated heterocycles. The second-order valence-corrected chi connectivity index (χ2v) is 6.07. The average molecular weight is 336 g/mol. The third-order valence-electron chi connectivity index (χ3n) is 4.32. The number of nitrogens with zero attached hydrogens (tertiary/aromatic N) is 1. The third-order valence-corrected chi connectivity index (χ3v) is 4.32. The lowest BCUT2D eigenvalue weighted by molar-refractivity contribution is -0.123. The van der Waals surface area contributed by atoms with Crippen molar-refractivity contribution >= 4 is 11.9 Å². The molecule has 1 fully saturated rings. The van der Waals surface area contributed by atoms with E-state index in [1.54, 1.807) is 18.2 Å². The van der Waals surface area contributed by atoms with Crippen molar-refractivity contribution < 1.29 is 14.0 Å². The van der Waals surface area contributed by atoms with Crippen LogP contribution in [0.1, 0.15) is 24.8 Å². The number of primary amides is 1. The van der Waals surface area contributed by atoms with Gasteiger partial charge in [0.1, 0.15) is 5.82 Å². The molecule has 2 rings (SSSR count). The molecule has 24 heavy (non-hydrogen) atoms. The molecule has 4 N–H and O–H groups in total. The van der Waals surface area contributed by atoms with Crippen LogP contribution < -0.4 is 16.4 Å². The van der Waals surface area contributed by atoms with E-state index >= 15 is 0 Å². The molecule has 1 aromatic carbocycles. The van der Waals surface area contributed by atoms with Crippen molar-refractivity contribution in [2.75, 3.05) is 26.2 Å². The van der Waals surface area contributed by atoms with E-state index in [1.165, 1.54) is 6.07 Å². The number of likely N-dealkylation sites (tertiary alicyclic amines) is 1. The van der Waals surface area contributed by atoms with Crippen LogP contribution in [0.3, 0.4) is 0 Å². The first-order valence-corrected chi connectivity index (χ1v) is 8.33. The number of urea groups is 1. The summed E-state index contributed by atoms with van der Waals surface area (Å²) in [5, 5.41) is 5.41. The minimum atomic E-state index is -0.322. The smallest absolute Gasteiger partial charge is 0.315 e. The van der Waals surface area contributed by atoms with Crippen molar-refractivity contribution in [1.29, 1.82) is 0 Å². The Morgan fingerprint density at radius 1 is 1.21 bits per heavy atom. The van der Waals surface area contributed by atoms with Gasteiger partial charge in [0.25, 0.3) is 0 Å². The maximum absolute atomic E-state index is 13.4. The first-order valence-electron chi connectivity index (χ1n) is 8.33. The Kier molecular flexibility index (Phi) is 6.99. The van der Waals surface area contributed by atoms with Gasteiger partial charge in [-0.1, -0.05) is 18.2 Å². The summed E-state index contributed by atoms with van der Waals surface area (Å²) in [6.07, 6.45) is 2.45. The number of nitrogens with two attached hydrogens (primary N) is 1. The topological polar surface area (TPSA) is 87.5 Å². The van der Waals surface area contributed by atoms with Crippen molar-refractivity contribution in [3.05, 3.63) is 35.6 Å². The molecule has 132 valence electrons. The van der Waals surface area contributed by atoms with Crippen LogP contribution in [-0.4, -0.2) is 43.0 Å². The van der Waals surface area contributed by atoms with Crippen LogP contribution in [0.2, 0.25) is 0 Å². The second kappa shape index (κ2) is 9.22. The summed E-state index contributed by atoms with van der Waals surface area (Å²) in [7, 11) is 0. The van der Waals surface area contributed by atoms with Gasteiger partial charge < -0.3 is 21.3 Å². The number of hydrogen-bond donors (Lipinski definition) is 3. The summed E-state index contributed by atoms with van der Waals surface area (Å²) in [4.78, 5) is 25.1. The quantitative estimate of drug-likeness (QED) is 0.654. The van der Waals surface area contributed by atoms with E-state index in [-0.39, 0.29) is 30.2 Å². The molecule has 0 aromatic heterocycles. The molecule has 7 heteroatoms. The highest BCUT2D eigenvalue weighted by molar-refractivity contribution is 5.76. The standard InChI is InChI=1S/C17H25FN4O2/c18-15-5-2-1-4-14(15)12-21-17(24)20-8-3-9-22-10-6-13(7-11-22)16(19)23/h1-2,4-5,13H,3,6-12H2,(H2,19,23)(H2,20,21,24). The van der Waals surface area contributed by atoms with Crippen LogP contribution in [0.25, 0.3) is 0 Å². The van der Waals surface area contributed by atoms with Crippen molar-refractivity contribution in [2.24, 2.45) is 11.7 Å². The summed E-state index contributed by atoms with van der Waals surface area (Å²) in [5.74, 6) is -0.525. The number of carbonyl (C=O) groups is 2. The maximum Gasteiger partial charge on any atom is 0.315 e. The van der Waals surface area contributed by atoms with Crippen LogP contribution in [0.4, 0.5) is 9.18 Å². The maximum atomic E-state index is 13.4. The molecule has 0 unspecified atom stereocenters. The van der Waals surface area contributed by atoms with Gasteiger partial charge in [0.05, 0.1) is 0 Å². The Morgan fingerprint density at radius 2 is 1.92 bits per heavy atom. The van der Waals surface area contributed by atoms with Crippen LogP contribution in [0, 0.1) is 11.7 Å². The largest absolute Gasteiger partial charge is 0.369 e. The fourth-order valence-electron chi connectivity index (χ4n) is 2.83. The molecule has 0 saturated carbocycles. The van der Waals surface area contributed by atoms with Gasteiger partial charge in [-0.25, -0.2) is 9.18 Å². The van der Waals surface area contributed by atoms with E-state index < -0.39 is 0 Å². The molecule has 3 amide bonds. The number of amides is 3. The van der Waals surface area contributed by atoms with Gasteiger partial charge in [0.15, 0.2) is 0 Å². The van der Waals surface area contributed by atoms with Gasteiger partial charge in [-0.15, -0.1) is 0 Å². The van der Waals surface area contributed by atoms with Crippen LogP contribution in [-0.2, 0) is 11.3 Å². The third kappa shape index (κ3) is 5.81. The zero-order valence-corrected chi connectivity index (χ0v) is 13.8. The zero-order chi connectivity index (χ0) is 17.4. The SMILES string of the molecule is NC(=O)C1CCN(CCCNC(=O)NCc2ccccc2F)CC1. The van der Waals surface area contributed by atoms with E-state index in [9.17, 15) is 14.0 Å².